The van der Waals surface area contributed by atoms with Crippen LogP contribution < -0.4 is 16.0 Å². The fourth-order valence-electron chi connectivity index (χ4n) is 2.17. The van der Waals surface area contributed by atoms with Gasteiger partial charge in [-0.25, -0.2) is 4.90 Å². The summed E-state index contributed by atoms with van der Waals surface area (Å²) in [4.78, 5) is 25.5. The molecule has 0 aliphatic heterocycles. The highest BCUT2D eigenvalue weighted by atomic mass is 35.5. The Kier molecular flexibility index (Phi) is 5.99. The zero-order valence-electron chi connectivity index (χ0n) is 14.3. The Bertz CT molecular complexity index is 914. The molecule has 0 fully saturated rings. The average Bonchev–Trinajstić information content (AvgIpc) is 2.60. The molecule has 0 aliphatic rings. The second-order valence-electron chi connectivity index (χ2n) is 5.53. The molecule has 0 bridgehead atoms. The van der Waals surface area contributed by atoms with Crippen LogP contribution in [-0.2, 0) is 9.59 Å². The molecule has 0 aliphatic carbocycles. The zero-order valence-corrected chi connectivity index (χ0v) is 15.0. The normalized spacial score (nSPS) is 10.8. The number of halogens is 1. The van der Waals surface area contributed by atoms with E-state index < -0.39 is 11.8 Å². The summed E-state index contributed by atoms with van der Waals surface area (Å²) in [7, 11) is 0. The van der Waals surface area contributed by atoms with Crippen LogP contribution in [-0.4, -0.2) is 11.8 Å². The molecule has 0 aromatic heterocycles. The maximum atomic E-state index is 12.7. The quantitative estimate of drug-likeness (QED) is 0.487. The van der Waals surface area contributed by atoms with E-state index in [0.29, 0.717) is 22.1 Å². The van der Waals surface area contributed by atoms with E-state index in [4.69, 9.17) is 17.3 Å². The Morgan fingerprint density at radius 2 is 1.88 bits per heavy atom. The van der Waals surface area contributed by atoms with Gasteiger partial charge in [0.2, 0.25) is 5.91 Å². The maximum absolute atomic E-state index is 12.7. The van der Waals surface area contributed by atoms with E-state index >= 15 is 0 Å². The van der Waals surface area contributed by atoms with Crippen LogP contribution in [0, 0.1) is 18.3 Å². The van der Waals surface area contributed by atoms with E-state index in [2.05, 4.69) is 5.32 Å². The van der Waals surface area contributed by atoms with Crippen LogP contribution in [0.2, 0.25) is 5.02 Å². The molecule has 0 atom stereocenters. The van der Waals surface area contributed by atoms with Crippen molar-refractivity contribution < 1.29 is 9.59 Å². The van der Waals surface area contributed by atoms with Crippen LogP contribution in [0.4, 0.5) is 17.1 Å². The molecule has 0 saturated carbocycles. The number of anilines is 3. The Balaban J connectivity index is 2.29. The molecular formula is C19H17ClN4O2. The lowest BCUT2D eigenvalue weighted by Gasteiger charge is -2.19. The van der Waals surface area contributed by atoms with Gasteiger partial charge in [0.25, 0.3) is 5.91 Å². The number of hydrogen-bond acceptors (Lipinski definition) is 5. The molecule has 0 heterocycles. The fourth-order valence-corrected chi connectivity index (χ4v) is 2.35. The van der Waals surface area contributed by atoms with E-state index in [-0.39, 0.29) is 5.57 Å². The summed E-state index contributed by atoms with van der Waals surface area (Å²) in [5, 5.41) is 12.7. The summed E-state index contributed by atoms with van der Waals surface area (Å²) < 4.78 is 0. The van der Waals surface area contributed by atoms with Gasteiger partial charge in [-0.05, 0) is 48.9 Å². The lowest BCUT2D eigenvalue weighted by atomic mass is 10.2. The maximum Gasteiger partial charge on any atom is 0.277 e. The summed E-state index contributed by atoms with van der Waals surface area (Å²) in [5.41, 5.74) is 7.75. The number of hydrogen-bond donors (Lipinski definition) is 2. The van der Waals surface area contributed by atoms with Crippen molar-refractivity contribution in [2.45, 2.75) is 13.8 Å². The molecule has 3 N–H and O–H groups in total. The number of aryl methyl sites for hydroxylation is 1. The predicted octanol–water partition coefficient (Wildman–Crippen LogP) is 3.63. The second kappa shape index (κ2) is 8.19. The first-order chi connectivity index (χ1) is 12.3. The first-order valence-electron chi connectivity index (χ1n) is 7.67. The highest BCUT2D eigenvalue weighted by Gasteiger charge is 2.23. The topological polar surface area (TPSA) is 99.2 Å². The summed E-state index contributed by atoms with van der Waals surface area (Å²) in [6, 6.07) is 13.3. The monoisotopic (exact) mass is 368 g/mol. The predicted molar refractivity (Wildman–Crippen MR) is 103 cm³/mol. The van der Waals surface area contributed by atoms with Crippen molar-refractivity contribution in [2.24, 2.45) is 0 Å². The van der Waals surface area contributed by atoms with Gasteiger partial charge in [0, 0.05) is 29.5 Å². The summed E-state index contributed by atoms with van der Waals surface area (Å²) in [6.07, 6.45) is 1.25. The molecule has 2 aromatic rings. The second-order valence-corrected chi connectivity index (χ2v) is 5.94. The smallest absolute Gasteiger partial charge is 0.277 e. The van der Waals surface area contributed by atoms with Crippen LogP contribution in [0.15, 0.2) is 54.2 Å². The van der Waals surface area contributed by atoms with E-state index in [0.717, 1.165) is 10.5 Å². The molecular weight excluding hydrogens is 352 g/mol. The van der Waals surface area contributed by atoms with Gasteiger partial charge in [-0.15, -0.1) is 0 Å². The van der Waals surface area contributed by atoms with Crippen molar-refractivity contribution in [3.8, 4) is 6.07 Å². The third-order valence-corrected chi connectivity index (χ3v) is 3.98. The van der Waals surface area contributed by atoms with Crippen molar-refractivity contribution in [3.63, 3.8) is 0 Å². The number of amides is 2. The summed E-state index contributed by atoms with van der Waals surface area (Å²) >= 11 is 6.05. The van der Waals surface area contributed by atoms with E-state index in [1.54, 1.807) is 24.3 Å². The average molecular weight is 369 g/mol. The lowest BCUT2D eigenvalue weighted by molar-refractivity contribution is -0.123. The highest BCUT2D eigenvalue weighted by Crippen LogP contribution is 2.21. The molecule has 2 rings (SSSR count). The van der Waals surface area contributed by atoms with Gasteiger partial charge in [-0.2, -0.15) is 5.26 Å². The number of rotatable bonds is 4. The largest absolute Gasteiger partial charge is 0.399 e. The number of carbonyl (C=O) groups is 2. The molecule has 0 radical (unpaired) electrons. The molecule has 132 valence electrons. The van der Waals surface area contributed by atoms with Gasteiger partial charge in [0.05, 0.1) is 5.69 Å². The number of nitrogens with one attached hydrogen (secondary N) is 1. The molecule has 2 amide bonds. The van der Waals surface area contributed by atoms with E-state index in [1.807, 2.05) is 19.1 Å². The van der Waals surface area contributed by atoms with E-state index in [1.165, 1.54) is 25.3 Å². The third kappa shape index (κ3) is 4.41. The Morgan fingerprint density at radius 3 is 2.42 bits per heavy atom. The van der Waals surface area contributed by atoms with Gasteiger partial charge >= 0.3 is 0 Å². The van der Waals surface area contributed by atoms with E-state index in [9.17, 15) is 14.9 Å². The SMILES string of the molecule is CC(=O)N(C(=O)/C(C#N)=C\Nc1ccc(C)c(Cl)c1)c1ccc(N)cc1. The first-order valence-corrected chi connectivity index (χ1v) is 8.05. The number of carbonyl (C=O) groups excluding carboxylic acids is 2. The van der Waals surface area contributed by atoms with Crippen LogP contribution in [0.25, 0.3) is 0 Å². The van der Waals surface area contributed by atoms with Gasteiger partial charge in [-0.1, -0.05) is 17.7 Å². The van der Waals surface area contributed by atoms with Gasteiger partial charge in [0.15, 0.2) is 0 Å². The minimum Gasteiger partial charge on any atom is -0.399 e. The standard InChI is InChI=1S/C19H17ClN4O2/c1-12-3-6-16(9-18(12)20)23-11-14(10-21)19(26)24(13(2)25)17-7-4-15(22)5-8-17/h3-9,11,23H,22H2,1-2H3/b14-11-. The molecule has 6 nitrogen and oxygen atoms in total. The zero-order chi connectivity index (χ0) is 19.3. The summed E-state index contributed by atoms with van der Waals surface area (Å²) in [5.74, 6) is -1.25. The Hall–Kier alpha value is -3.30. The lowest BCUT2D eigenvalue weighted by Crippen LogP contribution is -2.36. The van der Waals surface area contributed by atoms with Gasteiger partial charge < -0.3 is 11.1 Å². The molecule has 26 heavy (non-hydrogen) atoms. The molecule has 0 saturated heterocycles. The van der Waals surface area contributed by atoms with Crippen LogP contribution >= 0.6 is 11.6 Å². The minimum atomic E-state index is -0.740. The number of benzene rings is 2. The molecule has 0 unspecified atom stereocenters. The van der Waals surface area contributed by atoms with Crippen molar-refractivity contribution in [3.05, 3.63) is 64.8 Å². The Morgan fingerprint density at radius 1 is 1.23 bits per heavy atom. The highest BCUT2D eigenvalue weighted by molar-refractivity contribution is 6.31. The van der Waals surface area contributed by atoms with Crippen LogP contribution in [0.5, 0.6) is 0 Å². The first kappa shape index (κ1) is 19.0. The number of nitrogen functional groups attached to an aromatic ring is 1. The van der Waals surface area contributed by atoms with Crippen molar-refractivity contribution in [2.75, 3.05) is 16.0 Å². The molecule has 7 heteroatoms. The van der Waals surface area contributed by atoms with Gasteiger partial charge in [-0.3, -0.25) is 9.59 Å². The van der Waals surface area contributed by atoms with Crippen molar-refractivity contribution >= 4 is 40.5 Å². The fraction of sp³-hybridized carbons (Fsp3) is 0.105. The molecule has 0 spiro atoms. The van der Waals surface area contributed by atoms with Crippen LogP contribution in [0.3, 0.4) is 0 Å². The van der Waals surface area contributed by atoms with Gasteiger partial charge in [0.1, 0.15) is 11.6 Å². The minimum absolute atomic E-state index is 0.228. The number of imide groups is 1. The summed E-state index contributed by atoms with van der Waals surface area (Å²) in [6.45, 7) is 3.11. The number of nitriles is 1. The Labute approximate surface area is 156 Å². The molecule has 2 aromatic carbocycles. The van der Waals surface area contributed by atoms with Crippen LogP contribution in [0.1, 0.15) is 12.5 Å². The van der Waals surface area contributed by atoms with Crippen molar-refractivity contribution in [1.29, 1.82) is 5.26 Å². The third-order valence-electron chi connectivity index (χ3n) is 3.58. The number of nitrogens with zero attached hydrogens (tertiary/aromatic N) is 2. The van der Waals surface area contributed by atoms with Crippen molar-refractivity contribution in [1.82, 2.24) is 0 Å². The number of nitrogens with two attached hydrogens (primary N) is 1.